The number of nitrogens with zero attached hydrogens (tertiary/aromatic N) is 3. The summed E-state index contributed by atoms with van der Waals surface area (Å²) in [5.41, 5.74) is 3.41. The molecule has 61 heavy (non-hydrogen) atoms. The molecule has 3 aromatic rings. The number of halogens is 1. The molecule has 1 aromatic carbocycles. The molecule has 0 radical (unpaired) electrons. The van der Waals surface area contributed by atoms with Gasteiger partial charge in [0.15, 0.2) is 6.10 Å². The van der Waals surface area contributed by atoms with Crippen LogP contribution in [0, 0.1) is 12.7 Å². The second kappa shape index (κ2) is 21.3. The molecule has 0 fully saturated rings. The Labute approximate surface area is 350 Å². The van der Waals surface area contributed by atoms with Crippen LogP contribution in [0.4, 0.5) is 4.39 Å². The van der Waals surface area contributed by atoms with Crippen molar-refractivity contribution in [1.29, 1.82) is 0 Å². The maximum absolute atomic E-state index is 14.7. The van der Waals surface area contributed by atoms with Gasteiger partial charge >= 0.3 is 5.97 Å². The van der Waals surface area contributed by atoms with Gasteiger partial charge in [0.25, 0.3) is 5.56 Å². The Kier molecular flexibility index (Phi) is 15.9. The number of aliphatic hydroxyl groups is 1. The van der Waals surface area contributed by atoms with E-state index in [1.807, 2.05) is 0 Å². The number of carbonyl (C=O) groups is 7. The third kappa shape index (κ3) is 11.7. The van der Waals surface area contributed by atoms with Crippen LogP contribution in [0.25, 0.3) is 22.3 Å². The zero-order valence-electron chi connectivity index (χ0n) is 34.3. The van der Waals surface area contributed by atoms with Crippen molar-refractivity contribution in [1.82, 2.24) is 35.7 Å². The second-order valence-electron chi connectivity index (χ2n) is 14.9. The maximum Gasteiger partial charge on any atom is 0.340 e. The molecule has 0 saturated heterocycles. The molecule has 2 aliphatic rings. The molecule has 5 rings (SSSR count). The lowest BCUT2D eigenvalue weighted by Crippen LogP contribution is -2.49. The summed E-state index contributed by atoms with van der Waals surface area (Å²) in [6.45, 7) is 2.97. The molecule has 0 spiro atoms. The Balaban J connectivity index is 0.996. The molecular weight excluding hydrogens is 797 g/mol. The summed E-state index contributed by atoms with van der Waals surface area (Å²) in [6, 6.07) is 3.73. The molecule has 2 aliphatic heterocycles. The number of pyridine rings is 2. The van der Waals surface area contributed by atoms with E-state index in [2.05, 4.69) is 21.3 Å². The van der Waals surface area contributed by atoms with Gasteiger partial charge in [0.1, 0.15) is 31.5 Å². The van der Waals surface area contributed by atoms with Gasteiger partial charge in [-0.05, 0) is 75.3 Å². The summed E-state index contributed by atoms with van der Waals surface area (Å²) < 4.78 is 26.9. The van der Waals surface area contributed by atoms with Gasteiger partial charge in [-0.3, -0.25) is 33.6 Å². The predicted octanol–water partition coefficient (Wildman–Crippen LogP) is 0.887. The van der Waals surface area contributed by atoms with E-state index < -0.39 is 53.8 Å². The van der Waals surface area contributed by atoms with Crippen LogP contribution in [0.5, 0.6) is 0 Å². The number of cyclic esters (lactones) is 1. The van der Waals surface area contributed by atoms with Crippen LogP contribution in [0.2, 0.25) is 0 Å². The summed E-state index contributed by atoms with van der Waals surface area (Å²) in [4.78, 5) is 103. The number of aromatic nitrogens is 2. The van der Waals surface area contributed by atoms with Crippen molar-refractivity contribution in [2.75, 3.05) is 40.0 Å². The fraction of sp³-hybridized carbons (Fsp3) is 0.452. The Morgan fingerprint density at radius 2 is 1.77 bits per heavy atom. The zero-order chi connectivity index (χ0) is 44.2. The number of hydrogen-bond donors (Lipinski definition) is 5. The molecule has 326 valence electrons. The predicted molar refractivity (Wildman–Crippen MR) is 217 cm³/mol. The lowest BCUT2D eigenvalue weighted by Gasteiger charge is -2.21. The zero-order valence-corrected chi connectivity index (χ0v) is 34.3. The Hall–Kier alpha value is -6.34. The summed E-state index contributed by atoms with van der Waals surface area (Å²) >= 11 is 0. The van der Waals surface area contributed by atoms with E-state index in [-0.39, 0.29) is 62.4 Å². The van der Waals surface area contributed by atoms with Gasteiger partial charge in [-0.25, -0.2) is 14.2 Å². The summed E-state index contributed by atoms with van der Waals surface area (Å²) in [5.74, 6) is -3.61. The minimum Gasteiger partial charge on any atom is -0.458 e. The van der Waals surface area contributed by atoms with E-state index in [1.165, 1.54) is 28.5 Å². The minimum absolute atomic E-state index is 0.126. The fourth-order valence-corrected chi connectivity index (χ4v) is 7.01. The summed E-state index contributed by atoms with van der Waals surface area (Å²) in [6.07, 6.45) is 5.03. The van der Waals surface area contributed by atoms with Gasteiger partial charge in [0.05, 0.1) is 42.1 Å². The lowest BCUT2D eigenvalue weighted by molar-refractivity contribution is -0.157. The molecule has 5 amide bonds. The molecule has 2 aromatic heterocycles. The van der Waals surface area contributed by atoms with Gasteiger partial charge in [-0.15, -0.1) is 0 Å². The number of aldehydes is 1. The van der Waals surface area contributed by atoms with Crippen molar-refractivity contribution < 1.29 is 52.5 Å². The van der Waals surface area contributed by atoms with Crippen molar-refractivity contribution in [3.63, 3.8) is 0 Å². The van der Waals surface area contributed by atoms with Crippen molar-refractivity contribution >= 4 is 52.7 Å². The summed E-state index contributed by atoms with van der Waals surface area (Å²) in [5, 5.41) is 21.1. The van der Waals surface area contributed by atoms with Crippen molar-refractivity contribution in [2.24, 2.45) is 0 Å². The quantitative estimate of drug-likeness (QED) is 0.0258. The lowest BCUT2D eigenvalue weighted by atomic mass is 9.94. The normalized spacial score (nSPS) is 14.4. The molecule has 1 unspecified atom stereocenters. The number of rotatable bonds is 21. The van der Waals surface area contributed by atoms with E-state index in [0.717, 1.165) is 22.6 Å². The molecule has 4 heterocycles. The Bertz CT molecular complexity index is 2290. The highest BCUT2D eigenvalue weighted by molar-refractivity contribution is 5.92. The molecular formula is C42H50FN7O11. The Morgan fingerprint density at radius 3 is 2.54 bits per heavy atom. The largest absolute Gasteiger partial charge is 0.458 e. The number of likely N-dealkylation sites (N-methyl/N-ethyl adjacent to an activating group) is 1. The number of carbonyl (C=O) groups excluding carboxylic acids is 7. The number of fused-ring (bicyclic) bond motifs is 5. The molecule has 19 heteroatoms. The van der Waals surface area contributed by atoms with E-state index in [4.69, 9.17) is 14.5 Å². The number of allylic oxidation sites excluding steroid dienone is 1. The standard InChI is InChI=1S/C42H50FN7O11/c1-24-16-27-26(29-21-50-33(38(29)48-32(27)18-31(24)43)17-28-30(41(50)58)22-61-42(59)39(28)56)10-6-8-15-60-23-46-40(57)25(2)47-36(54)20-45-35(53)19-44-34(52)11-5-4-7-13-49(3)37(55)12-9-14-51/h9,12,14,16-18,25,39,56H,4-8,10-11,13,15,19-23H2,1-3H3,(H,44,52)(H,45,53)(H,46,57)(H,47,54)/b12-9-/t25-,39?/m0/s1. The maximum atomic E-state index is 14.7. The third-order valence-electron chi connectivity index (χ3n) is 10.4. The minimum atomic E-state index is -1.60. The van der Waals surface area contributed by atoms with Crippen LogP contribution >= 0.6 is 0 Å². The number of aryl methyl sites for hydroxylation is 2. The van der Waals surface area contributed by atoms with Crippen LogP contribution in [0.3, 0.4) is 0 Å². The molecule has 0 saturated carbocycles. The van der Waals surface area contributed by atoms with Gasteiger partial charge in [-0.2, -0.15) is 0 Å². The highest BCUT2D eigenvalue weighted by Crippen LogP contribution is 2.39. The Morgan fingerprint density at radius 1 is 1.02 bits per heavy atom. The van der Waals surface area contributed by atoms with Gasteiger partial charge < -0.3 is 45.3 Å². The van der Waals surface area contributed by atoms with Crippen LogP contribution in [0.15, 0.2) is 35.1 Å². The smallest absolute Gasteiger partial charge is 0.340 e. The summed E-state index contributed by atoms with van der Waals surface area (Å²) in [7, 11) is 1.61. The molecule has 5 N–H and O–H groups in total. The van der Waals surface area contributed by atoms with E-state index in [1.54, 1.807) is 26.1 Å². The fourth-order valence-electron chi connectivity index (χ4n) is 7.01. The number of esters is 1. The van der Waals surface area contributed by atoms with Crippen LogP contribution < -0.4 is 26.8 Å². The molecule has 2 atom stereocenters. The van der Waals surface area contributed by atoms with Gasteiger partial charge in [0.2, 0.25) is 29.5 Å². The highest BCUT2D eigenvalue weighted by atomic mass is 19.1. The second-order valence-corrected chi connectivity index (χ2v) is 14.9. The van der Waals surface area contributed by atoms with E-state index >= 15 is 0 Å². The number of nitrogens with one attached hydrogen (secondary N) is 4. The van der Waals surface area contributed by atoms with E-state index in [9.17, 15) is 47.9 Å². The number of benzene rings is 1. The van der Waals surface area contributed by atoms with Crippen molar-refractivity contribution in [2.45, 2.75) is 84.1 Å². The molecule has 0 bridgehead atoms. The SMILES string of the molecule is Cc1cc2c(CCCCOCNC(=O)[C@H](C)NC(=O)CNC(=O)CNC(=O)CCCCCN(C)C(=O)/C=C\C=O)c3c(nc2cc1F)-c1cc2c(c(=O)n1C3)COC(=O)C2O. The number of unbranched alkanes of at least 4 members (excludes halogenated alkanes) is 3. The molecule has 18 nitrogen and oxygen atoms in total. The van der Waals surface area contributed by atoms with Gasteiger partial charge in [-0.1, -0.05) is 6.42 Å². The highest BCUT2D eigenvalue weighted by Gasteiger charge is 2.35. The number of amides is 5. The first-order valence-electron chi connectivity index (χ1n) is 20.0. The van der Waals surface area contributed by atoms with Gasteiger partial charge in [0, 0.05) is 55.3 Å². The number of aliphatic hydroxyl groups excluding tert-OH is 1. The van der Waals surface area contributed by atoms with Crippen molar-refractivity contribution in [3.8, 4) is 11.4 Å². The molecule has 0 aliphatic carbocycles. The first-order valence-corrected chi connectivity index (χ1v) is 20.0. The average Bonchev–Trinajstić information content (AvgIpc) is 3.60. The monoisotopic (exact) mass is 847 g/mol. The van der Waals surface area contributed by atoms with Crippen LogP contribution in [0.1, 0.15) is 79.4 Å². The number of ether oxygens (including phenoxy) is 2. The first kappa shape index (κ1) is 45.7. The van der Waals surface area contributed by atoms with E-state index in [0.29, 0.717) is 73.8 Å². The topological polar surface area (TPSA) is 244 Å². The van der Waals surface area contributed by atoms with Crippen LogP contribution in [-0.2, 0) is 62.6 Å². The number of hydrogen-bond acceptors (Lipinski definition) is 12. The van der Waals surface area contributed by atoms with Crippen LogP contribution in [-0.4, -0.2) is 107 Å². The third-order valence-corrected chi connectivity index (χ3v) is 10.4. The first-order chi connectivity index (χ1) is 29.2. The average molecular weight is 848 g/mol. The van der Waals surface area contributed by atoms with Crippen molar-refractivity contribution in [3.05, 3.63) is 74.3 Å².